The van der Waals surface area contributed by atoms with Gasteiger partial charge in [0, 0.05) is 24.5 Å². The Balaban J connectivity index is 1.85. The molecule has 2 rings (SSSR count). The third-order valence-corrected chi connectivity index (χ3v) is 4.46. The van der Waals surface area contributed by atoms with Gasteiger partial charge in [0.15, 0.2) is 0 Å². The SMILES string of the molecule is CC(NC1CC(O)C1(C)C)C(=O)N1CCCC1. The molecule has 0 aromatic heterocycles. The summed E-state index contributed by atoms with van der Waals surface area (Å²) in [6, 6.07) is 0.115. The third kappa shape index (κ3) is 2.33. The van der Waals surface area contributed by atoms with Crippen LogP contribution in [0.4, 0.5) is 0 Å². The molecule has 98 valence electrons. The van der Waals surface area contributed by atoms with E-state index in [4.69, 9.17) is 0 Å². The van der Waals surface area contributed by atoms with Gasteiger partial charge in [0.1, 0.15) is 0 Å². The van der Waals surface area contributed by atoms with Gasteiger partial charge < -0.3 is 15.3 Å². The van der Waals surface area contributed by atoms with Crippen molar-refractivity contribution in [3.8, 4) is 0 Å². The minimum atomic E-state index is -0.242. The number of hydrogen-bond acceptors (Lipinski definition) is 3. The van der Waals surface area contributed by atoms with Gasteiger partial charge in [-0.25, -0.2) is 0 Å². The fourth-order valence-corrected chi connectivity index (χ4v) is 2.77. The summed E-state index contributed by atoms with van der Waals surface area (Å²) in [5.41, 5.74) is -0.112. The molecule has 1 saturated carbocycles. The molecule has 4 nitrogen and oxygen atoms in total. The highest BCUT2D eigenvalue weighted by atomic mass is 16.3. The predicted molar refractivity (Wildman–Crippen MR) is 66.6 cm³/mol. The molecule has 1 aliphatic heterocycles. The first-order chi connectivity index (χ1) is 7.93. The number of hydrogen-bond donors (Lipinski definition) is 2. The smallest absolute Gasteiger partial charge is 0.239 e. The Hall–Kier alpha value is -0.610. The molecule has 0 bridgehead atoms. The van der Waals surface area contributed by atoms with Gasteiger partial charge in [0.05, 0.1) is 12.1 Å². The van der Waals surface area contributed by atoms with Crippen LogP contribution in [0.2, 0.25) is 0 Å². The van der Waals surface area contributed by atoms with Crippen LogP contribution in [0, 0.1) is 5.41 Å². The molecule has 1 aliphatic carbocycles. The topological polar surface area (TPSA) is 52.6 Å². The van der Waals surface area contributed by atoms with Crippen LogP contribution >= 0.6 is 0 Å². The van der Waals surface area contributed by atoms with Crippen molar-refractivity contribution in [2.24, 2.45) is 5.41 Å². The van der Waals surface area contributed by atoms with E-state index in [1.165, 1.54) is 0 Å². The summed E-state index contributed by atoms with van der Waals surface area (Å²) < 4.78 is 0. The second-order valence-corrected chi connectivity index (χ2v) is 6.05. The number of rotatable bonds is 3. The number of carbonyl (C=O) groups excluding carboxylic acids is 1. The van der Waals surface area contributed by atoms with Crippen molar-refractivity contribution in [2.75, 3.05) is 13.1 Å². The molecule has 2 N–H and O–H groups in total. The lowest BCUT2D eigenvalue weighted by Crippen LogP contribution is -2.63. The van der Waals surface area contributed by atoms with Crippen LogP contribution in [0.1, 0.15) is 40.0 Å². The molecule has 1 saturated heterocycles. The van der Waals surface area contributed by atoms with Crippen molar-refractivity contribution in [1.82, 2.24) is 10.2 Å². The normalized spacial score (nSPS) is 33.3. The fraction of sp³-hybridized carbons (Fsp3) is 0.923. The summed E-state index contributed by atoms with van der Waals surface area (Å²) in [6.07, 6.45) is 2.78. The Kier molecular flexibility index (Phi) is 3.46. The third-order valence-electron chi connectivity index (χ3n) is 4.46. The second-order valence-electron chi connectivity index (χ2n) is 6.05. The number of likely N-dealkylation sites (tertiary alicyclic amines) is 1. The van der Waals surface area contributed by atoms with Crippen LogP contribution in [-0.4, -0.2) is 47.2 Å². The van der Waals surface area contributed by atoms with Gasteiger partial charge >= 0.3 is 0 Å². The van der Waals surface area contributed by atoms with Crippen molar-refractivity contribution in [1.29, 1.82) is 0 Å². The van der Waals surface area contributed by atoms with Crippen LogP contribution in [0.3, 0.4) is 0 Å². The average Bonchev–Trinajstić information content (AvgIpc) is 2.81. The Morgan fingerprint density at radius 2 is 2.00 bits per heavy atom. The number of aliphatic hydroxyl groups is 1. The zero-order valence-corrected chi connectivity index (χ0v) is 11.1. The second kappa shape index (κ2) is 4.58. The highest BCUT2D eigenvalue weighted by Crippen LogP contribution is 2.40. The minimum absolute atomic E-state index is 0.112. The fourth-order valence-electron chi connectivity index (χ4n) is 2.77. The van der Waals surface area contributed by atoms with Gasteiger partial charge in [0.25, 0.3) is 0 Å². The maximum absolute atomic E-state index is 12.1. The summed E-state index contributed by atoms with van der Waals surface area (Å²) in [5.74, 6) is 0.208. The van der Waals surface area contributed by atoms with Crippen LogP contribution in [-0.2, 0) is 4.79 Å². The highest BCUT2D eigenvalue weighted by Gasteiger charge is 2.48. The zero-order chi connectivity index (χ0) is 12.6. The van der Waals surface area contributed by atoms with Crippen LogP contribution in [0.25, 0.3) is 0 Å². The first kappa shape index (κ1) is 12.8. The molecule has 2 fully saturated rings. The number of nitrogens with zero attached hydrogens (tertiary/aromatic N) is 1. The van der Waals surface area contributed by atoms with Crippen LogP contribution in [0.5, 0.6) is 0 Å². The van der Waals surface area contributed by atoms with Crippen molar-refractivity contribution < 1.29 is 9.90 Å². The zero-order valence-electron chi connectivity index (χ0n) is 11.1. The first-order valence-corrected chi connectivity index (χ1v) is 6.66. The van der Waals surface area contributed by atoms with E-state index in [2.05, 4.69) is 5.32 Å². The van der Waals surface area contributed by atoms with Gasteiger partial charge in [-0.05, 0) is 26.2 Å². The van der Waals surface area contributed by atoms with E-state index in [0.29, 0.717) is 0 Å². The summed E-state index contributed by atoms with van der Waals surface area (Å²) in [7, 11) is 0. The lowest BCUT2D eigenvalue weighted by Gasteiger charge is -2.50. The standard InChI is InChI=1S/C13H24N2O2/c1-9(12(17)15-6-4-5-7-15)14-10-8-11(16)13(10,2)3/h9-11,14,16H,4-8H2,1-3H3. The average molecular weight is 240 g/mol. The van der Waals surface area contributed by atoms with Gasteiger partial charge in [-0.3, -0.25) is 4.79 Å². The number of nitrogens with one attached hydrogen (secondary N) is 1. The summed E-state index contributed by atoms with van der Waals surface area (Å²) in [6.45, 7) is 7.84. The van der Waals surface area contributed by atoms with Crippen molar-refractivity contribution in [3.05, 3.63) is 0 Å². The van der Waals surface area contributed by atoms with Crippen molar-refractivity contribution in [3.63, 3.8) is 0 Å². The van der Waals surface area contributed by atoms with Gasteiger partial charge in [0.2, 0.25) is 5.91 Å². The van der Waals surface area contributed by atoms with Crippen LogP contribution in [0.15, 0.2) is 0 Å². The van der Waals surface area contributed by atoms with Gasteiger partial charge in [-0.1, -0.05) is 13.8 Å². The molecule has 0 spiro atoms. The lowest BCUT2D eigenvalue weighted by atomic mass is 9.64. The Labute approximate surface area is 103 Å². The number of aliphatic hydroxyl groups excluding tert-OH is 1. The molecule has 4 heteroatoms. The number of amides is 1. The molecule has 0 radical (unpaired) electrons. The summed E-state index contributed by atoms with van der Waals surface area (Å²) in [4.78, 5) is 14.1. The minimum Gasteiger partial charge on any atom is -0.392 e. The predicted octanol–water partition coefficient (Wildman–Crippen LogP) is 0.746. The molecule has 1 heterocycles. The van der Waals surface area contributed by atoms with E-state index >= 15 is 0 Å². The molecular formula is C13H24N2O2. The molecular weight excluding hydrogens is 216 g/mol. The molecule has 2 aliphatic rings. The molecule has 3 atom stereocenters. The summed E-state index contributed by atoms with van der Waals surface area (Å²) in [5, 5.41) is 13.0. The number of carbonyl (C=O) groups is 1. The van der Waals surface area contributed by atoms with E-state index in [9.17, 15) is 9.90 Å². The maximum Gasteiger partial charge on any atom is 0.239 e. The van der Waals surface area contributed by atoms with E-state index < -0.39 is 0 Å². The monoisotopic (exact) mass is 240 g/mol. The molecule has 0 aromatic carbocycles. The molecule has 1 amide bonds. The van der Waals surface area contributed by atoms with E-state index in [1.54, 1.807) is 0 Å². The molecule has 3 unspecified atom stereocenters. The highest BCUT2D eigenvalue weighted by molar-refractivity contribution is 5.81. The lowest BCUT2D eigenvalue weighted by molar-refractivity contribution is -0.134. The Bertz CT molecular complexity index is 298. The van der Waals surface area contributed by atoms with Crippen LogP contribution < -0.4 is 5.32 Å². The van der Waals surface area contributed by atoms with Crippen molar-refractivity contribution >= 4 is 5.91 Å². The Morgan fingerprint density at radius 1 is 1.41 bits per heavy atom. The van der Waals surface area contributed by atoms with Crippen molar-refractivity contribution in [2.45, 2.75) is 58.2 Å². The maximum atomic E-state index is 12.1. The van der Waals surface area contributed by atoms with E-state index in [0.717, 1.165) is 32.4 Å². The largest absolute Gasteiger partial charge is 0.392 e. The van der Waals surface area contributed by atoms with Gasteiger partial charge in [-0.15, -0.1) is 0 Å². The van der Waals surface area contributed by atoms with Gasteiger partial charge in [-0.2, -0.15) is 0 Å². The molecule has 17 heavy (non-hydrogen) atoms. The quantitative estimate of drug-likeness (QED) is 0.765. The first-order valence-electron chi connectivity index (χ1n) is 6.66. The summed E-state index contributed by atoms with van der Waals surface area (Å²) >= 11 is 0. The Morgan fingerprint density at radius 3 is 2.47 bits per heavy atom. The van der Waals surface area contributed by atoms with E-state index in [-0.39, 0.29) is 29.5 Å². The van der Waals surface area contributed by atoms with E-state index in [1.807, 2.05) is 25.7 Å². The molecule has 0 aromatic rings.